The molecule has 1 aromatic carbocycles. The summed E-state index contributed by atoms with van der Waals surface area (Å²) in [5, 5.41) is 11.4. The highest BCUT2D eigenvalue weighted by Gasteiger charge is 2.17. The fourth-order valence-corrected chi connectivity index (χ4v) is 2.28. The number of carbonyl (C=O) groups excluding carboxylic acids is 1. The maximum Gasteiger partial charge on any atom is 0.335 e. The highest BCUT2D eigenvalue weighted by Crippen LogP contribution is 2.27. The van der Waals surface area contributed by atoms with Crippen molar-refractivity contribution in [3.05, 3.63) is 23.8 Å². The van der Waals surface area contributed by atoms with Gasteiger partial charge in [0.2, 0.25) is 5.91 Å². The summed E-state index contributed by atoms with van der Waals surface area (Å²) < 4.78 is 28.4. The van der Waals surface area contributed by atoms with Gasteiger partial charge in [0, 0.05) is 5.75 Å². The lowest BCUT2D eigenvalue weighted by atomic mass is 10.2. The first-order chi connectivity index (χ1) is 10.1. The van der Waals surface area contributed by atoms with Gasteiger partial charge in [-0.15, -0.1) is 0 Å². The molecular weight excluding hydrogens is 310 g/mol. The molecule has 0 heterocycles. The summed E-state index contributed by atoms with van der Waals surface area (Å²) in [5.74, 6) is -2.43. The molecule has 8 heteroatoms. The first kappa shape index (κ1) is 18.0. The minimum absolute atomic E-state index is 0.0373. The van der Waals surface area contributed by atoms with Crippen LogP contribution < -0.4 is 10.1 Å². The lowest BCUT2D eigenvalue weighted by Crippen LogP contribution is -2.24. The van der Waals surface area contributed by atoms with Gasteiger partial charge in [0.1, 0.15) is 11.5 Å². The molecule has 0 saturated heterocycles. The minimum atomic E-state index is -3.47. The molecule has 0 radical (unpaired) electrons. The molecular formula is C14H19NO6S. The Bertz CT molecular complexity index is 666. The second-order valence-corrected chi connectivity index (χ2v) is 7.26. The van der Waals surface area contributed by atoms with Crippen molar-refractivity contribution in [2.45, 2.75) is 26.9 Å². The van der Waals surface area contributed by atoms with Crippen LogP contribution in [0.4, 0.5) is 5.69 Å². The van der Waals surface area contributed by atoms with Crippen molar-refractivity contribution in [1.29, 1.82) is 0 Å². The van der Waals surface area contributed by atoms with Gasteiger partial charge in [-0.25, -0.2) is 13.2 Å². The number of aromatic carboxylic acids is 1. The Kier molecular flexibility index (Phi) is 5.92. The van der Waals surface area contributed by atoms with Crippen molar-refractivity contribution in [2.24, 2.45) is 0 Å². The van der Waals surface area contributed by atoms with E-state index < -0.39 is 27.5 Å². The smallest absolute Gasteiger partial charge is 0.335 e. The lowest BCUT2D eigenvalue weighted by Gasteiger charge is -2.15. The van der Waals surface area contributed by atoms with Crippen molar-refractivity contribution in [3.8, 4) is 5.75 Å². The molecule has 122 valence electrons. The first-order valence-electron chi connectivity index (χ1n) is 6.69. The zero-order chi connectivity index (χ0) is 16.9. The van der Waals surface area contributed by atoms with E-state index in [9.17, 15) is 18.0 Å². The second kappa shape index (κ2) is 7.26. The van der Waals surface area contributed by atoms with Crippen LogP contribution in [0.1, 0.15) is 31.1 Å². The summed E-state index contributed by atoms with van der Waals surface area (Å²) in [4.78, 5) is 22.8. The molecule has 0 aliphatic rings. The number of benzene rings is 1. The van der Waals surface area contributed by atoms with Gasteiger partial charge in [0.05, 0.1) is 17.4 Å². The summed E-state index contributed by atoms with van der Waals surface area (Å²) in [6, 6.07) is 4.00. The third-order valence-electron chi connectivity index (χ3n) is 2.65. The Morgan fingerprint density at radius 2 is 1.95 bits per heavy atom. The number of anilines is 1. The van der Waals surface area contributed by atoms with Gasteiger partial charge in [-0.05, 0) is 32.0 Å². The van der Waals surface area contributed by atoms with E-state index in [0.29, 0.717) is 0 Å². The number of amides is 1. The van der Waals surface area contributed by atoms with Crippen LogP contribution in [0, 0.1) is 0 Å². The predicted octanol–water partition coefficient (Wildman–Crippen LogP) is 1.55. The highest BCUT2D eigenvalue weighted by molar-refractivity contribution is 7.92. The number of rotatable bonds is 7. The van der Waals surface area contributed by atoms with Gasteiger partial charge in [0.15, 0.2) is 9.84 Å². The summed E-state index contributed by atoms with van der Waals surface area (Å²) >= 11 is 0. The van der Waals surface area contributed by atoms with Crippen molar-refractivity contribution < 1.29 is 27.9 Å². The van der Waals surface area contributed by atoms with E-state index in [1.807, 2.05) is 0 Å². The Labute approximate surface area is 129 Å². The van der Waals surface area contributed by atoms with E-state index in [2.05, 4.69) is 5.32 Å². The van der Waals surface area contributed by atoms with E-state index >= 15 is 0 Å². The van der Waals surface area contributed by atoms with Crippen LogP contribution in [0.25, 0.3) is 0 Å². The summed E-state index contributed by atoms with van der Waals surface area (Å²) in [5.41, 5.74) is 0.0923. The fourth-order valence-electron chi connectivity index (χ4n) is 1.61. The zero-order valence-electron chi connectivity index (χ0n) is 12.6. The molecule has 0 fully saturated rings. The Morgan fingerprint density at radius 3 is 2.45 bits per heavy atom. The van der Waals surface area contributed by atoms with Crippen LogP contribution >= 0.6 is 0 Å². The van der Waals surface area contributed by atoms with Crippen LogP contribution in [0.15, 0.2) is 18.2 Å². The molecule has 1 rings (SSSR count). The Morgan fingerprint density at radius 1 is 1.32 bits per heavy atom. The monoisotopic (exact) mass is 329 g/mol. The van der Waals surface area contributed by atoms with Gasteiger partial charge in [-0.3, -0.25) is 4.79 Å². The molecule has 0 bridgehead atoms. The molecule has 0 aliphatic carbocycles. The number of nitrogens with one attached hydrogen (secondary N) is 1. The average molecular weight is 329 g/mol. The van der Waals surface area contributed by atoms with Gasteiger partial charge < -0.3 is 15.2 Å². The number of hydrogen-bond acceptors (Lipinski definition) is 5. The van der Waals surface area contributed by atoms with Gasteiger partial charge >= 0.3 is 5.97 Å². The van der Waals surface area contributed by atoms with Gasteiger partial charge in [-0.2, -0.15) is 0 Å². The second-order valence-electron chi connectivity index (χ2n) is 4.91. The quantitative estimate of drug-likeness (QED) is 0.785. The maximum atomic E-state index is 11.8. The summed E-state index contributed by atoms with van der Waals surface area (Å²) in [6.45, 7) is 5.00. The van der Waals surface area contributed by atoms with E-state index in [1.54, 1.807) is 13.8 Å². The van der Waals surface area contributed by atoms with Crippen molar-refractivity contribution in [3.63, 3.8) is 0 Å². The number of hydrogen-bond donors (Lipinski definition) is 2. The number of carboxylic acid groups (broad SMARTS) is 1. The largest absolute Gasteiger partial charge is 0.489 e. The Hall–Kier alpha value is -2.09. The average Bonchev–Trinajstić information content (AvgIpc) is 2.39. The molecule has 0 atom stereocenters. The third-order valence-corrected chi connectivity index (χ3v) is 4.24. The first-order valence-corrected chi connectivity index (χ1v) is 8.51. The minimum Gasteiger partial charge on any atom is -0.489 e. The zero-order valence-corrected chi connectivity index (χ0v) is 13.4. The highest BCUT2D eigenvalue weighted by atomic mass is 32.2. The van der Waals surface area contributed by atoms with Crippen molar-refractivity contribution >= 4 is 27.4 Å². The number of carbonyl (C=O) groups is 2. The summed E-state index contributed by atoms with van der Waals surface area (Å²) in [6.07, 6.45) is -0.189. The standard InChI is InChI=1S/C14H19NO6S/c1-4-22(19,20)8-13(16)15-11-7-10(14(17)18)5-6-12(11)21-9(2)3/h5-7,9H,4,8H2,1-3H3,(H,15,16)(H,17,18). The molecule has 22 heavy (non-hydrogen) atoms. The normalized spacial score (nSPS) is 11.3. The van der Waals surface area contributed by atoms with Crippen LogP contribution in [0.2, 0.25) is 0 Å². The molecule has 0 spiro atoms. The number of carboxylic acids is 1. The van der Waals surface area contributed by atoms with Crippen LogP contribution in [0.5, 0.6) is 5.75 Å². The lowest BCUT2D eigenvalue weighted by molar-refractivity contribution is -0.113. The molecule has 0 unspecified atom stereocenters. The molecule has 2 N–H and O–H groups in total. The maximum absolute atomic E-state index is 11.8. The molecule has 1 amide bonds. The molecule has 0 saturated carbocycles. The molecule has 1 aromatic rings. The predicted molar refractivity (Wildman–Crippen MR) is 82.1 cm³/mol. The van der Waals surface area contributed by atoms with Crippen molar-refractivity contribution in [1.82, 2.24) is 0 Å². The number of ether oxygens (including phenoxy) is 1. The SMILES string of the molecule is CCS(=O)(=O)CC(=O)Nc1cc(C(=O)O)ccc1OC(C)C. The fraction of sp³-hybridized carbons (Fsp3) is 0.429. The van der Waals surface area contributed by atoms with E-state index in [1.165, 1.54) is 25.1 Å². The molecule has 7 nitrogen and oxygen atoms in total. The molecule has 0 aliphatic heterocycles. The topological polar surface area (TPSA) is 110 Å². The van der Waals surface area contributed by atoms with Crippen LogP contribution in [-0.4, -0.2) is 43.0 Å². The van der Waals surface area contributed by atoms with Gasteiger partial charge in [0.25, 0.3) is 0 Å². The number of sulfone groups is 1. The van der Waals surface area contributed by atoms with Crippen LogP contribution in [0.3, 0.4) is 0 Å². The summed E-state index contributed by atoms with van der Waals surface area (Å²) in [7, 11) is -3.47. The van der Waals surface area contributed by atoms with Crippen LogP contribution in [-0.2, 0) is 14.6 Å². The molecule has 0 aromatic heterocycles. The van der Waals surface area contributed by atoms with E-state index in [0.717, 1.165) is 0 Å². The van der Waals surface area contributed by atoms with Gasteiger partial charge in [-0.1, -0.05) is 6.92 Å². The third kappa shape index (κ3) is 5.36. The Balaban J connectivity index is 3.06. The van der Waals surface area contributed by atoms with E-state index in [4.69, 9.17) is 9.84 Å². The van der Waals surface area contributed by atoms with Crippen molar-refractivity contribution in [2.75, 3.05) is 16.8 Å². The van der Waals surface area contributed by atoms with E-state index in [-0.39, 0.29) is 28.9 Å².